The summed E-state index contributed by atoms with van der Waals surface area (Å²) in [6.07, 6.45) is -0.678. The predicted octanol–water partition coefficient (Wildman–Crippen LogP) is 6.69. The predicted molar refractivity (Wildman–Crippen MR) is 153 cm³/mol. The monoisotopic (exact) mass is 541 g/mol. The largest absolute Gasteiger partial charge is 0.497 e. The molecule has 0 saturated heterocycles. The van der Waals surface area contributed by atoms with E-state index in [0.717, 1.165) is 11.6 Å². The summed E-state index contributed by atoms with van der Waals surface area (Å²) in [6, 6.07) is 22.6. The van der Waals surface area contributed by atoms with Crippen LogP contribution >= 0.6 is 0 Å². The van der Waals surface area contributed by atoms with E-state index in [1.807, 2.05) is 36.4 Å². The maximum atomic E-state index is 13.9. The van der Waals surface area contributed by atoms with Crippen molar-refractivity contribution in [3.8, 4) is 34.0 Å². The molecule has 5 rings (SSSR count). The van der Waals surface area contributed by atoms with Crippen molar-refractivity contribution < 1.29 is 23.8 Å². The van der Waals surface area contributed by atoms with Gasteiger partial charge in [-0.2, -0.15) is 5.10 Å². The third-order valence-electron chi connectivity index (χ3n) is 6.49. The Morgan fingerprint density at radius 3 is 2.36 bits per heavy atom. The Balaban J connectivity index is 1.48. The SMILES string of the molecule is COc1ccc(-c2c3c(nn2COCC[Si](C)(C)C)-c2cccc(NC(=O)Oc4ccccc4)c2C3=O)cc1. The van der Waals surface area contributed by atoms with Crippen LogP contribution in [-0.4, -0.2) is 43.4 Å². The van der Waals surface area contributed by atoms with Crippen molar-refractivity contribution in [2.24, 2.45) is 0 Å². The standard InChI is InChI=1S/C30H31N3O5Si/c1-36-21-15-13-20(14-16-21)28-26-27(32-33(28)19-37-17-18-39(2,3)4)23-11-8-12-24(25(23)29(26)34)31-30(35)38-22-9-6-5-7-10-22/h5-16H,17-19H2,1-4H3,(H,31,35). The molecule has 39 heavy (non-hydrogen) atoms. The van der Waals surface area contributed by atoms with Gasteiger partial charge >= 0.3 is 6.09 Å². The molecule has 8 nitrogen and oxygen atoms in total. The van der Waals surface area contributed by atoms with Gasteiger partial charge in [-0.25, -0.2) is 9.48 Å². The van der Waals surface area contributed by atoms with Crippen LogP contribution in [0.1, 0.15) is 15.9 Å². The molecule has 0 aliphatic heterocycles. The zero-order chi connectivity index (χ0) is 27.6. The number of fused-ring (bicyclic) bond motifs is 3. The second-order valence-electron chi connectivity index (χ2n) is 10.5. The summed E-state index contributed by atoms with van der Waals surface area (Å²) in [5.41, 5.74) is 3.95. The molecule has 0 fully saturated rings. The maximum Gasteiger partial charge on any atom is 0.417 e. The number of amides is 1. The number of carbonyl (C=O) groups excluding carboxylic acids is 2. The normalized spacial score (nSPS) is 12.2. The van der Waals surface area contributed by atoms with Crippen LogP contribution in [0.2, 0.25) is 25.7 Å². The van der Waals surface area contributed by atoms with Crippen LogP contribution in [0.5, 0.6) is 11.5 Å². The van der Waals surface area contributed by atoms with E-state index in [1.54, 1.807) is 48.2 Å². The fraction of sp³-hybridized carbons (Fsp3) is 0.233. The summed E-state index contributed by atoms with van der Waals surface area (Å²) in [6.45, 7) is 7.77. The van der Waals surface area contributed by atoms with Gasteiger partial charge < -0.3 is 14.2 Å². The molecule has 1 aliphatic rings. The average Bonchev–Trinajstić information content (AvgIpc) is 3.42. The molecule has 1 amide bonds. The smallest absolute Gasteiger partial charge is 0.417 e. The van der Waals surface area contributed by atoms with Crippen LogP contribution in [0.15, 0.2) is 72.8 Å². The van der Waals surface area contributed by atoms with Crippen LogP contribution in [0.4, 0.5) is 10.5 Å². The molecular weight excluding hydrogens is 510 g/mol. The molecule has 9 heteroatoms. The van der Waals surface area contributed by atoms with Crippen molar-refractivity contribution in [1.29, 1.82) is 0 Å². The third-order valence-corrected chi connectivity index (χ3v) is 8.19. The quantitative estimate of drug-likeness (QED) is 0.165. The second kappa shape index (κ2) is 10.9. The van der Waals surface area contributed by atoms with Crippen LogP contribution in [0.3, 0.4) is 0 Å². The number of aromatic nitrogens is 2. The first-order valence-electron chi connectivity index (χ1n) is 12.8. The van der Waals surface area contributed by atoms with E-state index in [1.165, 1.54) is 0 Å². The van der Waals surface area contributed by atoms with Gasteiger partial charge in [0.15, 0.2) is 5.78 Å². The van der Waals surface area contributed by atoms with Crippen molar-refractivity contribution in [3.63, 3.8) is 0 Å². The Hall–Kier alpha value is -4.21. The highest BCUT2D eigenvalue weighted by Gasteiger charge is 2.37. The van der Waals surface area contributed by atoms with Gasteiger partial charge in [-0.15, -0.1) is 0 Å². The van der Waals surface area contributed by atoms with Crippen LogP contribution in [-0.2, 0) is 11.5 Å². The summed E-state index contributed by atoms with van der Waals surface area (Å²) < 4.78 is 18.5. The van der Waals surface area contributed by atoms with Gasteiger partial charge in [-0.05, 0) is 48.5 Å². The van der Waals surface area contributed by atoms with Gasteiger partial charge in [0.25, 0.3) is 0 Å². The van der Waals surface area contributed by atoms with Crippen LogP contribution < -0.4 is 14.8 Å². The van der Waals surface area contributed by atoms with Gasteiger partial charge in [0, 0.05) is 25.8 Å². The minimum Gasteiger partial charge on any atom is -0.497 e. The summed E-state index contributed by atoms with van der Waals surface area (Å²) in [7, 11) is 0.356. The van der Waals surface area contributed by atoms with E-state index >= 15 is 0 Å². The van der Waals surface area contributed by atoms with E-state index in [2.05, 4.69) is 25.0 Å². The topological polar surface area (TPSA) is 91.7 Å². The van der Waals surface area contributed by atoms with Crippen LogP contribution in [0, 0.1) is 0 Å². The van der Waals surface area contributed by atoms with Gasteiger partial charge in [0.2, 0.25) is 0 Å². The van der Waals surface area contributed by atoms with Crippen molar-refractivity contribution in [2.45, 2.75) is 32.4 Å². The average molecular weight is 542 g/mol. The van der Waals surface area contributed by atoms with E-state index in [-0.39, 0.29) is 12.5 Å². The van der Waals surface area contributed by atoms with E-state index in [9.17, 15) is 9.59 Å². The molecule has 0 bridgehead atoms. The van der Waals surface area contributed by atoms with Crippen molar-refractivity contribution in [1.82, 2.24) is 9.78 Å². The fourth-order valence-corrected chi connectivity index (χ4v) is 5.24. The van der Waals surface area contributed by atoms with Gasteiger partial charge in [0.05, 0.1) is 29.6 Å². The first kappa shape index (κ1) is 26.4. The summed E-state index contributed by atoms with van der Waals surface area (Å²) in [4.78, 5) is 26.6. The molecule has 200 valence electrons. The molecule has 4 aromatic rings. The Morgan fingerprint density at radius 2 is 1.67 bits per heavy atom. The molecular formula is C30H31N3O5Si. The van der Waals surface area contributed by atoms with Crippen molar-refractivity contribution in [3.05, 3.63) is 83.9 Å². The molecule has 0 atom stereocenters. The van der Waals surface area contributed by atoms with Gasteiger partial charge in [-0.1, -0.05) is 50.0 Å². The molecule has 0 saturated carbocycles. The lowest BCUT2D eigenvalue weighted by atomic mass is 10.0. The first-order chi connectivity index (χ1) is 18.7. The van der Waals surface area contributed by atoms with E-state index < -0.39 is 14.2 Å². The summed E-state index contributed by atoms with van der Waals surface area (Å²) >= 11 is 0. The van der Waals surface area contributed by atoms with Gasteiger partial charge in [-0.3, -0.25) is 10.1 Å². The Kier molecular flexibility index (Phi) is 7.36. The number of anilines is 1. The number of hydrogen-bond acceptors (Lipinski definition) is 6. The second-order valence-corrected chi connectivity index (χ2v) is 16.2. The number of carbonyl (C=O) groups is 2. The molecule has 1 aromatic heterocycles. The molecule has 3 aromatic carbocycles. The Morgan fingerprint density at radius 1 is 0.923 bits per heavy atom. The lowest BCUT2D eigenvalue weighted by molar-refractivity contribution is 0.0798. The number of nitrogens with zero attached hydrogens (tertiary/aromatic N) is 2. The number of ketones is 1. The minimum atomic E-state index is -1.26. The molecule has 0 radical (unpaired) electrons. The highest BCUT2D eigenvalue weighted by Crippen LogP contribution is 2.44. The molecule has 0 unspecified atom stereocenters. The fourth-order valence-electron chi connectivity index (χ4n) is 4.49. The zero-order valence-corrected chi connectivity index (χ0v) is 23.5. The molecule has 1 N–H and O–H groups in total. The Labute approximate surface area is 228 Å². The van der Waals surface area contributed by atoms with Crippen molar-refractivity contribution >= 4 is 25.6 Å². The lowest BCUT2D eigenvalue weighted by Gasteiger charge is -2.16. The summed E-state index contributed by atoms with van der Waals surface area (Å²) in [5.74, 6) is 0.907. The lowest BCUT2D eigenvalue weighted by Crippen LogP contribution is -2.22. The number of methoxy groups -OCH3 is 1. The highest BCUT2D eigenvalue weighted by atomic mass is 28.3. The summed E-state index contributed by atoms with van der Waals surface area (Å²) in [5, 5.41) is 7.57. The number of para-hydroxylation sites is 1. The highest BCUT2D eigenvalue weighted by molar-refractivity contribution is 6.76. The molecule has 1 aliphatic carbocycles. The molecule has 1 heterocycles. The molecule has 0 spiro atoms. The number of rotatable bonds is 9. The number of benzene rings is 3. The number of ether oxygens (including phenoxy) is 3. The van der Waals surface area contributed by atoms with Crippen molar-refractivity contribution in [2.75, 3.05) is 19.0 Å². The van der Waals surface area contributed by atoms with E-state index in [4.69, 9.17) is 19.3 Å². The maximum absolute atomic E-state index is 13.9. The van der Waals surface area contributed by atoms with Crippen LogP contribution in [0.25, 0.3) is 22.5 Å². The zero-order valence-electron chi connectivity index (χ0n) is 22.5. The first-order valence-corrected chi connectivity index (χ1v) is 16.5. The number of nitrogens with one attached hydrogen (secondary N) is 1. The Bertz CT molecular complexity index is 1510. The number of hydrogen-bond donors (Lipinski definition) is 1. The minimum absolute atomic E-state index is 0.213. The van der Waals surface area contributed by atoms with E-state index in [0.29, 0.717) is 51.9 Å². The van der Waals surface area contributed by atoms with Gasteiger partial charge in [0.1, 0.15) is 23.9 Å². The third kappa shape index (κ3) is 5.64.